The van der Waals surface area contributed by atoms with Gasteiger partial charge in [-0.2, -0.15) is 0 Å². The molecule has 3 N–H and O–H groups in total. The Morgan fingerprint density at radius 2 is 2.05 bits per heavy atom. The molecular formula is C16H17FN2O2. The number of carbonyl (C=O) groups excluding carboxylic acids is 1. The van der Waals surface area contributed by atoms with Crippen molar-refractivity contribution in [3.05, 3.63) is 59.4 Å². The predicted molar refractivity (Wildman–Crippen MR) is 79.7 cm³/mol. The minimum absolute atomic E-state index is 0.330. The molecule has 0 fully saturated rings. The molecule has 21 heavy (non-hydrogen) atoms. The number of nitrogens with one attached hydrogen (secondary N) is 1. The van der Waals surface area contributed by atoms with Gasteiger partial charge in [-0.1, -0.05) is 12.1 Å². The Bertz CT molecular complexity index is 658. The number of amides is 1. The first-order chi connectivity index (χ1) is 10.0. The van der Waals surface area contributed by atoms with Gasteiger partial charge in [-0.05, 0) is 42.8 Å². The molecule has 0 aliphatic heterocycles. The molecule has 1 unspecified atom stereocenters. The maximum atomic E-state index is 13.2. The average molecular weight is 288 g/mol. The van der Waals surface area contributed by atoms with E-state index in [1.54, 1.807) is 37.3 Å². The number of nitrogens with two attached hydrogens (primary N) is 1. The second-order valence-electron chi connectivity index (χ2n) is 4.70. The van der Waals surface area contributed by atoms with Crippen molar-refractivity contribution >= 4 is 11.6 Å². The summed E-state index contributed by atoms with van der Waals surface area (Å²) in [6, 6.07) is 10.6. The van der Waals surface area contributed by atoms with Crippen LogP contribution in [0, 0.1) is 5.82 Å². The standard InChI is InChI=1S/C16H17FN2O2/c1-10(11-4-3-5-12(17)8-11)19-16(20)14-9-13(21-2)6-7-15(14)18/h3-10H,18H2,1-2H3,(H,19,20). The quantitative estimate of drug-likeness (QED) is 0.850. The highest BCUT2D eigenvalue weighted by Crippen LogP contribution is 2.21. The molecule has 0 saturated carbocycles. The third-order valence-corrected chi connectivity index (χ3v) is 3.20. The van der Waals surface area contributed by atoms with Gasteiger partial charge in [0, 0.05) is 5.69 Å². The summed E-state index contributed by atoms with van der Waals surface area (Å²) in [6.45, 7) is 1.78. The first-order valence-electron chi connectivity index (χ1n) is 6.51. The molecule has 2 aromatic carbocycles. The summed E-state index contributed by atoms with van der Waals surface area (Å²) in [5.74, 6) is -0.120. The number of benzene rings is 2. The molecule has 0 heterocycles. The van der Waals surface area contributed by atoms with Crippen molar-refractivity contribution in [3.8, 4) is 5.75 Å². The zero-order valence-corrected chi connectivity index (χ0v) is 11.9. The van der Waals surface area contributed by atoms with E-state index in [2.05, 4.69) is 5.32 Å². The molecule has 0 aromatic heterocycles. The third-order valence-electron chi connectivity index (χ3n) is 3.20. The van der Waals surface area contributed by atoms with Crippen LogP contribution in [0.15, 0.2) is 42.5 Å². The lowest BCUT2D eigenvalue weighted by molar-refractivity contribution is 0.0940. The van der Waals surface area contributed by atoms with Gasteiger partial charge < -0.3 is 15.8 Å². The lowest BCUT2D eigenvalue weighted by atomic mass is 10.1. The summed E-state index contributed by atoms with van der Waals surface area (Å²) in [4.78, 5) is 12.3. The maximum absolute atomic E-state index is 13.2. The molecule has 5 heteroatoms. The minimum atomic E-state index is -0.338. The van der Waals surface area contributed by atoms with Crippen molar-refractivity contribution in [1.82, 2.24) is 5.32 Å². The van der Waals surface area contributed by atoms with Crippen molar-refractivity contribution in [2.45, 2.75) is 13.0 Å². The SMILES string of the molecule is COc1ccc(N)c(C(=O)NC(C)c2cccc(F)c2)c1. The van der Waals surface area contributed by atoms with Crippen LogP contribution < -0.4 is 15.8 Å². The molecule has 1 amide bonds. The van der Waals surface area contributed by atoms with Gasteiger partial charge in [0.05, 0.1) is 18.7 Å². The Morgan fingerprint density at radius 3 is 2.71 bits per heavy atom. The number of anilines is 1. The van der Waals surface area contributed by atoms with Crippen molar-refractivity contribution in [1.29, 1.82) is 0 Å². The molecular weight excluding hydrogens is 271 g/mol. The summed E-state index contributed by atoms with van der Waals surface area (Å²) in [5, 5.41) is 2.79. The fourth-order valence-corrected chi connectivity index (χ4v) is 1.99. The molecule has 2 aromatic rings. The van der Waals surface area contributed by atoms with Crippen LogP contribution in [-0.4, -0.2) is 13.0 Å². The van der Waals surface area contributed by atoms with Crippen LogP contribution in [-0.2, 0) is 0 Å². The number of nitrogen functional groups attached to an aromatic ring is 1. The van der Waals surface area contributed by atoms with Crippen LogP contribution in [0.3, 0.4) is 0 Å². The second-order valence-corrected chi connectivity index (χ2v) is 4.70. The van der Waals surface area contributed by atoms with E-state index < -0.39 is 0 Å². The summed E-state index contributed by atoms with van der Waals surface area (Å²) in [6.07, 6.45) is 0. The Hall–Kier alpha value is -2.56. The third kappa shape index (κ3) is 3.51. The average Bonchev–Trinajstić information content (AvgIpc) is 2.47. The number of methoxy groups -OCH3 is 1. The first kappa shape index (κ1) is 14.8. The summed E-state index contributed by atoms with van der Waals surface area (Å²) < 4.78 is 18.3. The number of ether oxygens (including phenoxy) is 1. The lowest BCUT2D eigenvalue weighted by Gasteiger charge is -2.15. The molecule has 1 atom stereocenters. The van der Waals surface area contributed by atoms with Gasteiger partial charge in [-0.15, -0.1) is 0 Å². The van der Waals surface area contributed by atoms with E-state index in [1.807, 2.05) is 0 Å². The molecule has 0 saturated heterocycles. The molecule has 2 rings (SSSR count). The van der Waals surface area contributed by atoms with Crippen LogP contribution >= 0.6 is 0 Å². The van der Waals surface area contributed by atoms with E-state index in [0.717, 1.165) is 0 Å². The number of rotatable bonds is 4. The fourth-order valence-electron chi connectivity index (χ4n) is 1.99. The number of hydrogen-bond acceptors (Lipinski definition) is 3. The van der Waals surface area contributed by atoms with E-state index in [0.29, 0.717) is 22.6 Å². The Labute approximate surface area is 122 Å². The fraction of sp³-hybridized carbons (Fsp3) is 0.188. The maximum Gasteiger partial charge on any atom is 0.253 e. The molecule has 0 aliphatic carbocycles. The minimum Gasteiger partial charge on any atom is -0.497 e. The highest BCUT2D eigenvalue weighted by atomic mass is 19.1. The topological polar surface area (TPSA) is 64.3 Å². The summed E-state index contributed by atoms with van der Waals surface area (Å²) >= 11 is 0. The van der Waals surface area contributed by atoms with Gasteiger partial charge in [-0.3, -0.25) is 4.79 Å². The zero-order chi connectivity index (χ0) is 15.4. The Kier molecular flexibility index (Phi) is 4.42. The number of halogens is 1. The molecule has 0 spiro atoms. The van der Waals surface area contributed by atoms with Crippen molar-refractivity contribution in [2.24, 2.45) is 0 Å². The largest absolute Gasteiger partial charge is 0.497 e. The second kappa shape index (κ2) is 6.26. The zero-order valence-electron chi connectivity index (χ0n) is 11.9. The van der Waals surface area contributed by atoms with E-state index in [4.69, 9.17) is 10.5 Å². The van der Waals surface area contributed by atoms with E-state index in [1.165, 1.54) is 19.2 Å². The predicted octanol–water partition coefficient (Wildman–Crippen LogP) is 2.91. The van der Waals surface area contributed by atoms with Crippen LogP contribution in [0.2, 0.25) is 0 Å². The number of hydrogen-bond donors (Lipinski definition) is 2. The summed E-state index contributed by atoms with van der Waals surface area (Å²) in [7, 11) is 1.52. The van der Waals surface area contributed by atoms with Gasteiger partial charge >= 0.3 is 0 Å². The Balaban J connectivity index is 2.18. The van der Waals surface area contributed by atoms with Crippen LogP contribution in [0.1, 0.15) is 28.9 Å². The van der Waals surface area contributed by atoms with Gasteiger partial charge in [0.15, 0.2) is 0 Å². The highest BCUT2D eigenvalue weighted by molar-refractivity contribution is 5.99. The van der Waals surface area contributed by atoms with Gasteiger partial charge in [0.2, 0.25) is 0 Å². The van der Waals surface area contributed by atoms with Gasteiger partial charge in [0.1, 0.15) is 11.6 Å². The first-order valence-corrected chi connectivity index (χ1v) is 6.51. The molecule has 0 aliphatic rings. The van der Waals surface area contributed by atoms with E-state index >= 15 is 0 Å². The lowest BCUT2D eigenvalue weighted by Crippen LogP contribution is -2.27. The molecule has 4 nitrogen and oxygen atoms in total. The summed E-state index contributed by atoms with van der Waals surface area (Å²) in [5.41, 5.74) is 7.18. The normalized spacial score (nSPS) is 11.8. The molecule has 0 bridgehead atoms. The number of carbonyl (C=O) groups is 1. The van der Waals surface area contributed by atoms with Crippen LogP contribution in [0.4, 0.5) is 10.1 Å². The van der Waals surface area contributed by atoms with Crippen LogP contribution in [0.5, 0.6) is 5.75 Å². The van der Waals surface area contributed by atoms with E-state index in [9.17, 15) is 9.18 Å². The van der Waals surface area contributed by atoms with Gasteiger partial charge in [-0.25, -0.2) is 4.39 Å². The van der Waals surface area contributed by atoms with E-state index in [-0.39, 0.29) is 17.8 Å². The monoisotopic (exact) mass is 288 g/mol. The Morgan fingerprint density at radius 1 is 1.29 bits per heavy atom. The van der Waals surface area contributed by atoms with Crippen LogP contribution in [0.25, 0.3) is 0 Å². The van der Waals surface area contributed by atoms with Gasteiger partial charge in [0.25, 0.3) is 5.91 Å². The van der Waals surface area contributed by atoms with Crippen molar-refractivity contribution in [3.63, 3.8) is 0 Å². The van der Waals surface area contributed by atoms with Crippen molar-refractivity contribution in [2.75, 3.05) is 12.8 Å². The molecule has 110 valence electrons. The molecule has 0 radical (unpaired) electrons. The smallest absolute Gasteiger partial charge is 0.253 e. The van der Waals surface area contributed by atoms with Crippen molar-refractivity contribution < 1.29 is 13.9 Å². The highest BCUT2D eigenvalue weighted by Gasteiger charge is 2.15.